The van der Waals surface area contributed by atoms with Crippen LogP contribution in [0.15, 0.2) is 30.3 Å². The van der Waals surface area contributed by atoms with Gasteiger partial charge in [-0.1, -0.05) is 11.6 Å². The Morgan fingerprint density at radius 2 is 2.08 bits per heavy atom. The first-order chi connectivity index (χ1) is 12.6. The summed E-state index contributed by atoms with van der Waals surface area (Å²) in [5, 5.41) is 0.627. The van der Waals surface area contributed by atoms with Crippen molar-refractivity contribution < 1.29 is 23.9 Å². The normalized spacial score (nSPS) is 20.6. The summed E-state index contributed by atoms with van der Waals surface area (Å²) in [4.78, 5) is 14.1. The van der Waals surface area contributed by atoms with Gasteiger partial charge in [0.2, 0.25) is 12.5 Å². The van der Waals surface area contributed by atoms with Crippen LogP contribution >= 0.6 is 11.6 Å². The summed E-state index contributed by atoms with van der Waals surface area (Å²) in [5.41, 5.74) is 2.91. The summed E-state index contributed by atoms with van der Waals surface area (Å²) in [6, 6.07) is 9.09. The number of likely N-dealkylation sites (N-methyl/N-ethyl adjacent to an activating group) is 1. The molecule has 2 aliphatic heterocycles. The van der Waals surface area contributed by atoms with Crippen molar-refractivity contribution in [2.45, 2.75) is 18.9 Å². The van der Waals surface area contributed by atoms with Gasteiger partial charge in [0, 0.05) is 17.0 Å². The molecule has 4 rings (SSSR count). The Hall–Kier alpha value is -2.24. The van der Waals surface area contributed by atoms with Gasteiger partial charge in [-0.15, -0.1) is 0 Å². The second-order valence-corrected chi connectivity index (χ2v) is 7.19. The number of ether oxygens (including phenoxy) is 3. The molecule has 0 spiro atoms. The third kappa shape index (κ3) is 2.91. The van der Waals surface area contributed by atoms with E-state index in [0.29, 0.717) is 28.5 Å². The van der Waals surface area contributed by atoms with Crippen molar-refractivity contribution in [2.24, 2.45) is 0 Å². The third-order valence-electron chi connectivity index (χ3n) is 5.24. The molecular formula is C20H21ClNO4+. The predicted molar refractivity (Wildman–Crippen MR) is 97.7 cm³/mol. The van der Waals surface area contributed by atoms with E-state index in [1.165, 1.54) is 10.5 Å². The quantitative estimate of drug-likeness (QED) is 0.835. The van der Waals surface area contributed by atoms with Crippen LogP contribution < -0.4 is 19.1 Å². The Morgan fingerprint density at radius 1 is 1.31 bits per heavy atom. The topological polar surface area (TPSA) is 49.2 Å². The van der Waals surface area contributed by atoms with Crippen LogP contribution in [-0.4, -0.2) is 33.3 Å². The van der Waals surface area contributed by atoms with Gasteiger partial charge >= 0.3 is 0 Å². The highest BCUT2D eigenvalue weighted by atomic mass is 35.5. The highest BCUT2D eigenvalue weighted by Gasteiger charge is 2.37. The number of ketones is 1. The largest absolute Gasteiger partial charge is 0.492 e. The molecule has 2 aromatic carbocycles. The number of fused-ring (bicyclic) bond motifs is 2. The highest BCUT2D eigenvalue weighted by molar-refractivity contribution is 6.30. The molecule has 0 fully saturated rings. The van der Waals surface area contributed by atoms with Crippen molar-refractivity contribution in [3.8, 4) is 17.2 Å². The monoisotopic (exact) mass is 374 g/mol. The van der Waals surface area contributed by atoms with E-state index in [4.69, 9.17) is 25.8 Å². The van der Waals surface area contributed by atoms with Gasteiger partial charge in [0.25, 0.3) is 0 Å². The summed E-state index contributed by atoms with van der Waals surface area (Å²) in [7, 11) is 3.76. The smallest absolute Gasteiger partial charge is 0.231 e. The van der Waals surface area contributed by atoms with Gasteiger partial charge in [0.05, 0.1) is 32.7 Å². The zero-order chi connectivity index (χ0) is 18.3. The van der Waals surface area contributed by atoms with Gasteiger partial charge in [0.1, 0.15) is 6.04 Å². The van der Waals surface area contributed by atoms with E-state index >= 15 is 0 Å². The van der Waals surface area contributed by atoms with Crippen LogP contribution in [0.1, 0.15) is 33.9 Å². The molecule has 0 saturated carbocycles. The number of Topliss-reactive ketones (excluding diaryl/α,β-unsaturated/α-hetero) is 1. The van der Waals surface area contributed by atoms with Crippen LogP contribution in [0.5, 0.6) is 17.2 Å². The van der Waals surface area contributed by atoms with Crippen molar-refractivity contribution in [3.63, 3.8) is 0 Å². The van der Waals surface area contributed by atoms with E-state index in [1.807, 2.05) is 6.07 Å². The second-order valence-electron chi connectivity index (χ2n) is 6.75. The van der Waals surface area contributed by atoms with Crippen molar-refractivity contribution in [1.82, 2.24) is 0 Å². The van der Waals surface area contributed by atoms with Crippen LogP contribution in [0, 0.1) is 0 Å². The Bertz CT molecular complexity index is 850. The fourth-order valence-electron chi connectivity index (χ4n) is 3.84. The molecule has 0 saturated heterocycles. The Labute approximate surface area is 157 Å². The molecular weight excluding hydrogens is 354 g/mol. The number of hydrogen-bond acceptors (Lipinski definition) is 4. The SMILES string of the molecule is COc1c2c(cc3c1C(CC(=O)c1ccc(Cl)cc1)[NH+](C)CC3)OCO2. The fraction of sp³-hybridized carbons (Fsp3) is 0.350. The maximum Gasteiger partial charge on any atom is 0.231 e. The molecule has 5 nitrogen and oxygen atoms in total. The first-order valence-corrected chi connectivity index (χ1v) is 9.06. The highest BCUT2D eigenvalue weighted by Crippen LogP contribution is 2.47. The van der Waals surface area contributed by atoms with Crippen LogP contribution in [0.4, 0.5) is 0 Å². The lowest BCUT2D eigenvalue weighted by Crippen LogP contribution is -3.10. The second kappa shape index (κ2) is 6.82. The average Bonchev–Trinajstić information content (AvgIpc) is 3.11. The van der Waals surface area contributed by atoms with Gasteiger partial charge in [-0.3, -0.25) is 4.79 Å². The van der Waals surface area contributed by atoms with E-state index in [2.05, 4.69) is 7.05 Å². The van der Waals surface area contributed by atoms with Gasteiger partial charge in [-0.25, -0.2) is 0 Å². The maximum atomic E-state index is 12.9. The Morgan fingerprint density at radius 3 is 2.81 bits per heavy atom. The zero-order valence-corrected chi connectivity index (χ0v) is 15.6. The van der Waals surface area contributed by atoms with E-state index in [1.54, 1.807) is 31.4 Å². The molecule has 0 radical (unpaired) electrons. The third-order valence-corrected chi connectivity index (χ3v) is 5.49. The summed E-state index contributed by atoms with van der Waals surface area (Å²) < 4.78 is 16.8. The van der Waals surface area contributed by atoms with Crippen molar-refractivity contribution in [1.29, 1.82) is 0 Å². The van der Waals surface area contributed by atoms with Crippen LogP contribution in [0.2, 0.25) is 5.02 Å². The number of halogens is 1. The Kier molecular flexibility index (Phi) is 4.51. The first-order valence-electron chi connectivity index (χ1n) is 8.69. The number of benzene rings is 2. The maximum absolute atomic E-state index is 12.9. The minimum atomic E-state index is 0.00591. The minimum Gasteiger partial charge on any atom is -0.492 e. The molecule has 0 aliphatic carbocycles. The van der Waals surface area contributed by atoms with E-state index in [-0.39, 0.29) is 18.6 Å². The molecule has 2 aromatic rings. The minimum absolute atomic E-state index is 0.00591. The van der Waals surface area contributed by atoms with Crippen LogP contribution in [0.25, 0.3) is 0 Å². The summed E-state index contributed by atoms with van der Waals surface area (Å²) in [6.07, 6.45) is 1.32. The fourth-order valence-corrected chi connectivity index (χ4v) is 3.96. The first kappa shape index (κ1) is 17.2. The predicted octanol–water partition coefficient (Wildman–Crippen LogP) is 2.46. The Balaban J connectivity index is 1.71. The average molecular weight is 375 g/mol. The van der Waals surface area contributed by atoms with Crippen molar-refractivity contribution in [3.05, 3.63) is 52.0 Å². The number of nitrogens with one attached hydrogen (secondary N) is 1. The molecule has 2 aliphatic rings. The summed E-state index contributed by atoms with van der Waals surface area (Å²) in [6.45, 7) is 1.15. The van der Waals surface area contributed by atoms with Crippen LogP contribution in [-0.2, 0) is 6.42 Å². The molecule has 0 amide bonds. The lowest BCUT2D eigenvalue weighted by atomic mass is 9.87. The number of carbonyl (C=O) groups is 1. The molecule has 1 N–H and O–H groups in total. The van der Waals surface area contributed by atoms with E-state index < -0.39 is 0 Å². The number of methoxy groups -OCH3 is 1. The molecule has 26 heavy (non-hydrogen) atoms. The number of rotatable bonds is 4. The van der Waals surface area contributed by atoms with Crippen molar-refractivity contribution in [2.75, 3.05) is 27.5 Å². The number of quaternary nitrogens is 1. The molecule has 6 heteroatoms. The summed E-state index contributed by atoms with van der Waals surface area (Å²) in [5.74, 6) is 2.16. The van der Waals surface area contributed by atoms with E-state index in [9.17, 15) is 4.79 Å². The number of hydrogen-bond donors (Lipinski definition) is 1. The van der Waals surface area contributed by atoms with Gasteiger partial charge in [-0.2, -0.15) is 0 Å². The van der Waals surface area contributed by atoms with Crippen molar-refractivity contribution >= 4 is 17.4 Å². The standard InChI is InChI=1S/C20H20ClNO4/c1-22-8-7-13-9-17-19(26-11-25-17)20(24-2)18(13)15(22)10-16(23)12-3-5-14(21)6-4-12/h3-6,9,15H,7-8,10-11H2,1-2H3/p+1. The number of carbonyl (C=O) groups excluding carboxylic acids is 1. The molecule has 0 aromatic heterocycles. The van der Waals surface area contributed by atoms with Gasteiger partial charge in [-0.05, 0) is 35.9 Å². The van der Waals surface area contributed by atoms with Gasteiger partial charge < -0.3 is 19.1 Å². The molecule has 136 valence electrons. The van der Waals surface area contributed by atoms with Gasteiger partial charge in [0.15, 0.2) is 17.3 Å². The molecule has 2 atom stereocenters. The molecule has 2 heterocycles. The lowest BCUT2D eigenvalue weighted by molar-refractivity contribution is -0.913. The molecule has 2 unspecified atom stereocenters. The lowest BCUT2D eigenvalue weighted by Gasteiger charge is -2.32. The zero-order valence-electron chi connectivity index (χ0n) is 14.8. The van der Waals surface area contributed by atoms with E-state index in [0.717, 1.165) is 24.3 Å². The molecule has 0 bridgehead atoms. The summed E-state index contributed by atoms with van der Waals surface area (Å²) >= 11 is 5.93. The van der Waals surface area contributed by atoms with Crippen LogP contribution in [0.3, 0.4) is 0 Å².